The van der Waals surface area contributed by atoms with Gasteiger partial charge in [-0.15, -0.1) is 0 Å². The molecule has 0 aliphatic heterocycles. The summed E-state index contributed by atoms with van der Waals surface area (Å²) in [7, 11) is 0. The first-order valence-corrected chi connectivity index (χ1v) is 10.8. The Morgan fingerprint density at radius 1 is 0.618 bits per heavy atom. The van der Waals surface area contributed by atoms with Gasteiger partial charge >= 0.3 is 0 Å². The van der Waals surface area contributed by atoms with Crippen LogP contribution in [0.25, 0.3) is 33.3 Å². The molecule has 2 N–H and O–H groups in total. The first-order valence-electron chi connectivity index (χ1n) is 10.8. The summed E-state index contributed by atoms with van der Waals surface area (Å²) in [6.45, 7) is 8.71. The highest BCUT2D eigenvalue weighted by molar-refractivity contribution is 5.81. The van der Waals surface area contributed by atoms with Crippen LogP contribution >= 0.6 is 0 Å². The standard InChI is InChI=1S/C28H24N2O4/c1-19(27-15-23-7-3-5-9-25(23)33-27)29-31-17-21-11-13-22(14-12-21)18-32-30-20(2)28-16-24-8-4-6-10-26(24)34-28/h3-16,29-30H,1-2,17-18H2. The Labute approximate surface area is 197 Å². The Balaban J connectivity index is 1.06. The minimum atomic E-state index is 0.376. The number of hydroxylamine groups is 2. The fourth-order valence-electron chi connectivity index (χ4n) is 3.51. The second kappa shape index (κ2) is 9.70. The van der Waals surface area contributed by atoms with Crippen LogP contribution in [0.1, 0.15) is 22.6 Å². The average molecular weight is 453 g/mol. The van der Waals surface area contributed by atoms with Gasteiger partial charge in [-0.2, -0.15) is 0 Å². The predicted molar refractivity (Wildman–Crippen MR) is 133 cm³/mol. The van der Waals surface area contributed by atoms with E-state index in [1.165, 1.54) is 0 Å². The quantitative estimate of drug-likeness (QED) is 0.234. The fourth-order valence-corrected chi connectivity index (χ4v) is 3.51. The van der Waals surface area contributed by atoms with Gasteiger partial charge in [0.2, 0.25) is 0 Å². The first-order chi connectivity index (χ1) is 16.7. The van der Waals surface area contributed by atoms with E-state index in [-0.39, 0.29) is 0 Å². The molecule has 0 bridgehead atoms. The van der Waals surface area contributed by atoms with Crippen molar-refractivity contribution < 1.29 is 18.5 Å². The van der Waals surface area contributed by atoms with Crippen LogP contribution in [0.5, 0.6) is 0 Å². The van der Waals surface area contributed by atoms with E-state index in [1.54, 1.807) is 0 Å². The van der Waals surface area contributed by atoms with Gasteiger partial charge in [0, 0.05) is 10.8 Å². The van der Waals surface area contributed by atoms with Gasteiger partial charge in [-0.3, -0.25) is 20.6 Å². The van der Waals surface area contributed by atoms with E-state index in [4.69, 9.17) is 18.5 Å². The van der Waals surface area contributed by atoms with Crippen molar-refractivity contribution in [2.45, 2.75) is 13.2 Å². The van der Waals surface area contributed by atoms with Crippen LogP contribution < -0.4 is 11.0 Å². The molecule has 0 aliphatic carbocycles. The van der Waals surface area contributed by atoms with Crippen molar-refractivity contribution in [1.82, 2.24) is 11.0 Å². The third-order valence-electron chi connectivity index (χ3n) is 5.34. The van der Waals surface area contributed by atoms with Crippen LogP contribution in [0.15, 0.2) is 107 Å². The van der Waals surface area contributed by atoms with Gasteiger partial charge < -0.3 is 8.83 Å². The molecule has 3 aromatic carbocycles. The first kappa shape index (κ1) is 21.6. The Kier molecular flexibility index (Phi) is 6.16. The normalized spacial score (nSPS) is 11.1. The minimum absolute atomic E-state index is 0.376. The number of nitrogens with one attached hydrogen (secondary N) is 2. The lowest BCUT2D eigenvalue weighted by atomic mass is 10.1. The van der Waals surface area contributed by atoms with Gasteiger partial charge in [0.25, 0.3) is 0 Å². The lowest BCUT2D eigenvalue weighted by Crippen LogP contribution is -2.12. The molecule has 2 heterocycles. The highest BCUT2D eigenvalue weighted by Gasteiger charge is 2.08. The number of hydrogen-bond acceptors (Lipinski definition) is 6. The van der Waals surface area contributed by atoms with E-state index in [9.17, 15) is 0 Å². The van der Waals surface area contributed by atoms with Gasteiger partial charge in [-0.05, 0) is 35.4 Å². The molecule has 0 atom stereocenters. The highest BCUT2D eigenvalue weighted by atomic mass is 16.6. The maximum atomic E-state index is 5.77. The Hall–Kier alpha value is -4.26. The van der Waals surface area contributed by atoms with Crippen molar-refractivity contribution >= 4 is 33.3 Å². The Morgan fingerprint density at radius 3 is 1.44 bits per heavy atom. The van der Waals surface area contributed by atoms with Gasteiger partial charge in [0.05, 0.1) is 24.6 Å². The summed E-state index contributed by atoms with van der Waals surface area (Å²) in [5, 5.41) is 2.04. The smallest absolute Gasteiger partial charge is 0.152 e. The second-order valence-corrected chi connectivity index (χ2v) is 7.85. The van der Waals surface area contributed by atoms with Crippen molar-refractivity contribution in [1.29, 1.82) is 0 Å². The fraction of sp³-hybridized carbons (Fsp3) is 0.0714. The molecule has 0 saturated heterocycles. The monoisotopic (exact) mass is 452 g/mol. The molecule has 5 rings (SSSR count). The zero-order valence-corrected chi connectivity index (χ0v) is 18.5. The SMILES string of the molecule is C=C(NOCc1ccc(CONC(=C)c2cc3ccccc3o2)cc1)c1cc2ccccc2o1. The molecule has 0 spiro atoms. The molecular formula is C28H24N2O4. The zero-order chi connectivity index (χ0) is 23.3. The predicted octanol–water partition coefficient (Wildman–Crippen LogP) is 6.56. The van der Waals surface area contributed by atoms with Crippen LogP contribution in [0.3, 0.4) is 0 Å². The van der Waals surface area contributed by atoms with Crippen LogP contribution in [-0.4, -0.2) is 0 Å². The molecule has 170 valence electrons. The molecule has 6 heteroatoms. The molecule has 0 saturated carbocycles. The maximum absolute atomic E-state index is 5.77. The molecule has 0 radical (unpaired) electrons. The Bertz CT molecular complexity index is 1270. The van der Waals surface area contributed by atoms with Crippen molar-refractivity contribution in [3.05, 3.63) is 121 Å². The van der Waals surface area contributed by atoms with Crippen molar-refractivity contribution in [2.75, 3.05) is 0 Å². The zero-order valence-electron chi connectivity index (χ0n) is 18.5. The maximum Gasteiger partial charge on any atom is 0.152 e. The van der Waals surface area contributed by atoms with Crippen LogP contribution in [0.4, 0.5) is 0 Å². The molecule has 0 unspecified atom stereocenters. The summed E-state index contributed by atoms with van der Waals surface area (Å²) in [4.78, 5) is 11.2. The summed E-state index contributed by atoms with van der Waals surface area (Å²) in [6, 6.07) is 27.4. The van der Waals surface area contributed by atoms with Crippen LogP contribution in [0.2, 0.25) is 0 Å². The van der Waals surface area contributed by atoms with E-state index >= 15 is 0 Å². The van der Waals surface area contributed by atoms with Gasteiger partial charge in [-0.1, -0.05) is 73.8 Å². The summed E-state index contributed by atoms with van der Waals surface area (Å²) in [6.07, 6.45) is 0. The number of benzene rings is 3. The van der Waals surface area contributed by atoms with Gasteiger partial charge in [-0.25, -0.2) is 0 Å². The van der Waals surface area contributed by atoms with E-state index in [0.29, 0.717) is 36.1 Å². The Morgan fingerprint density at radius 2 is 1.03 bits per heavy atom. The highest BCUT2D eigenvalue weighted by Crippen LogP contribution is 2.23. The molecule has 0 fully saturated rings. The van der Waals surface area contributed by atoms with E-state index in [2.05, 4.69) is 24.1 Å². The van der Waals surface area contributed by atoms with Crippen molar-refractivity contribution in [3.63, 3.8) is 0 Å². The summed E-state index contributed by atoms with van der Waals surface area (Å²) >= 11 is 0. The molecule has 0 amide bonds. The summed E-state index contributed by atoms with van der Waals surface area (Å²) in [5.74, 6) is 1.29. The lowest BCUT2D eigenvalue weighted by molar-refractivity contribution is 0.0621. The molecule has 5 aromatic rings. The number of para-hydroxylation sites is 2. The topological polar surface area (TPSA) is 68.8 Å². The minimum Gasteiger partial charge on any atom is -0.454 e. The van der Waals surface area contributed by atoms with E-state index in [1.807, 2.05) is 84.9 Å². The third kappa shape index (κ3) is 4.88. The summed E-state index contributed by atoms with van der Waals surface area (Å²) < 4.78 is 11.5. The average Bonchev–Trinajstić information content (AvgIpc) is 3.49. The van der Waals surface area contributed by atoms with Crippen LogP contribution in [-0.2, 0) is 22.9 Å². The third-order valence-corrected chi connectivity index (χ3v) is 5.34. The molecule has 34 heavy (non-hydrogen) atoms. The second-order valence-electron chi connectivity index (χ2n) is 7.85. The molecular weight excluding hydrogens is 428 g/mol. The largest absolute Gasteiger partial charge is 0.454 e. The van der Waals surface area contributed by atoms with E-state index < -0.39 is 0 Å². The van der Waals surface area contributed by atoms with Crippen molar-refractivity contribution in [3.8, 4) is 0 Å². The van der Waals surface area contributed by atoms with Gasteiger partial charge in [0.15, 0.2) is 11.5 Å². The molecule has 6 nitrogen and oxygen atoms in total. The van der Waals surface area contributed by atoms with Gasteiger partial charge in [0.1, 0.15) is 11.2 Å². The van der Waals surface area contributed by atoms with E-state index in [0.717, 1.165) is 33.1 Å². The number of fused-ring (bicyclic) bond motifs is 2. The molecule has 0 aliphatic rings. The number of hydrogen-bond donors (Lipinski definition) is 2. The molecule has 2 aromatic heterocycles. The van der Waals surface area contributed by atoms with Crippen molar-refractivity contribution in [2.24, 2.45) is 0 Å². The van der Waals surface area contributed by atoms with Crippen LogP contribution in [0, 0.1) is 0 Å². The number of furan rings is 2. The summed E-state index contributed by atoms with van der Waals surface area (Å²) in [5.41, 5.74) is 10.5. The lowest BCUT2D eigenvalue weighted by Gasteiger charge is -2.10. The number of rotatable bonds is 10.